The SMILES string of the molecule is CCN(C)C(=O)c1cncc(O)c1. The number of rotatable bonds is 2. The topological polar surface area (TPSA) is 53.4 Å². The van der Waals surface area contributed by atoms with Crippen LogP contribution >= 0.6 is 0 Å². The van der Waals surface area contributed by atoms with Crippen LogP contribution in [0.5, 0.6) is 5.75 Å². The van der Waals surface area contributed by atoms with Gasteiger partial charge in [-0.1, -0.05) is 0 Å². The zero-order valence-corrected chi connectivity index (χ0v) is 7.69. The molecule has 1 amide bonds. The number of nitrogens with zero attached hydrogens (tertiary/aromatic N) is 2. The molecule has 0 spiro atoms. The van der Waals surface area contributed by atoms with Gasteiger partial charge in [0.25, 0.3) is 5.91 Å². The summed E-state index contributed by atoms with van der Waals surface area (Å²) in [6, 6.07) is 1.40. The van der Waals surface area contributed by atoms with Gasteiger partial charge in [0.05, 0.1) is 11.8 Å². The lowest BCUT2D eigenvalue weighted by atomic mass is 10.2. The van der Waals surface area contributed by atoms with Crippen molar-refractivity contribution in [3.05, 3.63) is 24.0 Å². The third-order valence-electron chi connectivity index (χ3n) is 1.79. The Balaban J connectivity index is 2.89. The van der Waals surface area contributed by atoms with Crippen molar-refractivity contribution in [1.29, 1.82) is 0 Å². The van der Waals surface area contributed by atoms with E-state index in [0.717, 1.165) is 0 Å². The number of aromatic nitrogens is 1. The summed E-state index contributed by atoms with van der Waals surface area (Å²) < 4.78 is 0. The second-order valence-electron chi connectivity index (χ2n) is 2.75. The number of carbonyl (C=O) groups excluding carboxylic acids is 1. The molecule has 13 heavy (non-hydrogen) atoms. The monoisotopic (exact) mass is 180 g/mol. The molecule has 4 heteroatoms. The van der Waals surface area contributed by atoms with Crippen LogP contribution in [-0.2, 0) is 0 Å². The maximum atomic E-state index is 11.5. The van der Waals surface area contributed by atoms with Crippen LogP contribution in [0.2, 0.25) is 0 Å². The third kappa shape index (κ3) is 2.18. The molecule has 0 fully saturated rings. The minimum Gasteiger partial charge on any atom is -0.506 e. The van der Waals surface area contributed by atoms with Gasteiger partial charge in [-0.25, -0.2) is 0 Å². The maximum Gasteiger partial charge on any atom is 0.255 e. The Morgan fingerprint density at radius 2 is 2.31 bits per heavy atom. The molecule has 0 unspecified atom stereocenters. The van der Waals surface area contributed by atoms with Crippen LogP contribution in [-0.4, -0.2) is 34.5 Å². The van der Waals surface area contributed by atoms with Crippen molar-refractivity contribution in [3.63, 3.8) is 0 Å². The van der Waals surface area contributed by atoms with Gasteiger partial charge in [0.2, 0.25) is 0 Å². The minimum absolute atomic E-state index is 0.00959. The van der Waals surface area contributed by atoms with Gasteiger partial charge in [0.15, 0.2) is 0 Å². The normalized spacial score (nSPS) is 9.69. The van der Waals surface area contributed by atoms with Crippen LogP contribution < -0.4 is 0 Å². The summed E-state index contributed by atoms with van der Waals surface area (Å²) in [5.74, 6) is -0.124. The van der Waals surface area contributed by atoms with Crippen LogP contribution in [0.3, 0.4) is 0 Å². The van der Waals surface area contributed by atoms with Crippen LogP contribution in [0, 0.1) is 0 Å². The van der Waals surface area contributed by atoms with Gasteiger partial charge in [-0.05, 0) is 13.0 Å². The van der Waals surface area contributed by atoms with Crippen LogP contribution in [0.25, 0.3) is 0 Å². The molecule has 1 rings (SSSR count). The van der Waals surface area contributed by atoms with E-state index in [1.165, 1.54) is 18.5 Å². The summed E-state index contributed by atoms with van der Waals surface area (Å²) in [5.41, 5.74) is 0.407. The number of amides is 1. The first-order chi connectivity index (χ1) is 6.15. The molecule has 4 nitrogen and oxygen atoms in total. The van der Waals surface area contributed by atoms with Crippen molar-refractivity contribution in [3.8, 4) is 5.75 Å². The molecule has 1 heterocycles. The predicted octanol–water partition coefficient (Wildman–Crippen LogP) is 0.879. The fourth-order valence-corrected chi connectivity index (χ4v) is 0.909. The number of hydrogen-bond acceptors (Lipinski definition) is 3. The lowest BCUT2D eigenvalue weighted by Gasteiger charge is -2.13. The van der Waals surface area contributed by atoms with Gasteiger partial charge in [0, 0.05) is 19.8 Å². The molecule has 0 radical (unpaired) electrons. The summed E-state index contributed by atoms with van der Waals surface area (Å²) in [6.07, 6.45) is 2.73. The van der Waals surface area contributed by atoms with E-state index in [1.807, 2.05) is 6.92 Å². The van der Waals surface area contributed by atoms with Gasteiger partial charge in [-0.3, -0.25) is 9.78 Å². The number of pyridine rings is 1. The van der Waals surface area contributed by atoms with Crippen molar-refractivity contribution in [2.75, 3.05) is 13.6 Å². The molecule has 0 saturated carbocycles. The van der Waals surface area contributed by atoms with E-state index in [1.54, 1.807) is 11.9 Å². The molecule has 0 aliphatic rings. The molecule has 1 aromatic heterocycles. The third-order valence-corrected chi connectivity index (χ3v) is 1.79. The van der Waals surface area contributed by atoms with Gasteiger partial charge in [-0.2, -0.15) is 0 Å². The molecule has 0 aliphatic carbocycles. The summed E-state index contributed by atoms with van der Waals surface area (Å²) in [4.78, 5) is 16.8. The van der Waals surface area contributed by atoms with E-state index in [-0.39, 0.29) is 11.7 Å². The predicted molar refractivity (Wildman–Crippen MR) is 48.5 cm³/mol. The Morgan fingerprint density at radius 3 is 2.85 bits per heavy atom. The van der Waals surface area contributed by atoms with Crippen molar-refractivity contribution < 1.29 is 9.90 Å². The largest absolute Gasteiger partial charge is 0.506 e. The average Bonchev–Trinajstić information content (AvgIpc) is 2.15. The molecule has 0 atom stereocenters. The Bertz CT molecular complexity index is 312. The maximum absolute atomic E-state index is 11.5. The first-order valence-corrected chi connectivity index (χ1v) is 4.04. The van der Waals surface area contributed by atoms with Crippen molar-refractivity contribution in [2.24, 2.45) is 0 Å². The quantitative estimate of drug-likeness (QED) is 0.735. The highest BCUT2D eigenvalue weighted by molar-refractivity contribution is 5.94. The van der Waals surface area contributed by atoms with E-state index in [2.05, 4.69) is 4.98 Å². The highest BCUT2D eigenvalue weighted by atomic mass is 16.3. The van der Waals surface area contributed by atoms with Crippen molar-refractivity contribution >= 4 is 5.91 Å². The van der Waals surface area contributed by atoms with Gasteiger partial charge in [-0.15, -0.1) is 0 Å². The lowest BCUT2D eigenvalue weighted by Crippen LogP contribution is -2.26. The van der Waals surface area contributed by atoms with E-state index >= 15 is 0 Å². The second-order valence-corrected chi connectivity index (χ2v) is 2.75. The number of carbonyl (C=O) groups is 1. The minimum atomic E-state index is -0.133. The molecule has 0 aliphatic heterocycles. The van der Waals surface area contributed by atoms with Gasteiger partial charge in [0.1, 0.15) is 5.75 Å². The molecule has 0 bridgehead atoms. The van der Waals surface area contributed by atoms with E-state index in [0.29, 0.717) is 12.1 Å². The summed E-state index contributed by atoms with van der Waals surface area (Å²) in [5, 5.41) is 9.08. The van der Waals surface area contributed by atoms with Crippen LogP contribution in [0.15, 0.2) is 18.5 Å². The average molecular weight is 180 g/mol. The van der Waals surface area contributed by atoms with Crippen LogP contribution in [0.1, 0.15) is 17.3 Å². The molecule has 1 N–H and O–H groups in total. The fraction of sp³-hybridized carbons (Fsp3) is 0.333. The molecule has 1 aromatic rings. The Kier molecular flexibility index (Phi) is 2.84. The fourth-order valence-electron chi connectivity index (χ4n) is 0.909. The van der Waals surface area contributed by atoms with Crippen molar-refractivity contribution in [2.45, 2.75) is 6.92 Å². The molecule has 0 aromatic carbocycles. The summed E-state index contributed by atoms with van der Waals surface area (Å²) in [6.45, 7) is 2.52. The van der Waals surface area contributed by atoms with Gasteiger partial charge < -0.3 is 10.0 Å². The summed E-state index contributed by atoms with van der Waals surface area (Å²) >= 11 is 0. The molecule has 0 saturated heterocycles. The second kappa shape index (κ2) is 3.89. The smallest absolute Gasteiger partial charge is 0.255 e. The number of aromatic hydroxyl groups is 1. The molecular weight excluding hydrogens is 168 g/mol. The zero-order chi connectivity index (χ0) is 9.84. The van der Waals surface area contributed by atoms with Crippen molar-refractivity contribution in [1.82, 2.24) is 9.88 Å². The number of hydrogen-bond donors (Lipinski definition) is 1. The lowest BCUT2D eigenvalue weighted by molar-refractivity contribution is 0.0801. The first kappa shape index (κ1) is 9.51. The highest BCUT2D eigenvalue weighted by Gasteiger charge is 2.10. The highest BCUT2D eigenvalue weighted by Crippen LogP contribution is 2.09. The van der Waals surface area contributed by atoms with E-state index in [4.69, 9.17) is 5.11 Å². The summed E-state index contributed by atoms with van der Waals surface area (Å²) in [7, 11) is 1.70. The van der Waals surface area contributed by atoms with Crippen LogP contribution in [0.4, 0.5) is 0 Å². The standard InChI is InChI=1S/C9H12N2O2/c1-3-11(2)9(13)7-4-8(12)6-10-5-7/h4-6,12H,3H2,1-2H3. The first-order valence-electron chi connectivity index (χ1n) is 4.04. The molecule has 70 valence electrons. The van der Waals surface area contributed by atoms with E-state index < -0.39 is 0 Å². The molecular formula is C9H12N2O2. The van der Waals surface area contributed by atoms with E-state index in [9.17, 15) is 4.79 Å². The Labute approximate surface area is 76.8 Å². The zero-order valence-electron chi connectivity index (χ0n) is 7.69. The van der Waals surface area contributed by atoms with Gasteiger partial charge >= 0.3 is 0 Å². The Morgan fingerprint density at radius 1 is 1.62 bits per heavy atom. The Hall–Kier alpha value is -1.58.